The van der Waals surface area contributed by atoms with Crippen LogP contribution in [0.15, 0.2) is 18.2 Å². The van der Waals surface area contributed by atoms with Crippen molar-refractivity contribution in [2.45, 2.75) is 38.3 Å². The number of hydrogen-bond acceptors (Lipinski definition) is 4. The Morgan fingerprint density at radius 3 is 2.96 bits per heavy atom. The smallest absolute Gasteiger partial charge is 0.227 e. The van der Waals surface area contributed by atoms with Crippen molar-refractivity contribution in [1.82, 2.24) is 10.6 Å². The average molecular weight is 366 g/mol. The number of anilines is 1. The summed E-state index contributed by atoms with van der Waals surface area (Å²) in [6.45, 7) is 3.37. The summed E-state index contributed by atoms with van der Waals surface area (Å²) in [6.07, 6.45) is 2.04. The van der Waals surface area contributed by atoms with Crippen LogP contribution in [0, 0.1) is 5.92 Å². The van der Waals surface area contributed by atoms with Crippen molar-refractivity contribution in [2.24, 2.45) is 5.92 Å². The molecule has 3 unspecified atom stereocenters. The van der Waals surface area contributed by atoms with E-state index in [9.17, 15) is 9.59 Å². The van der Waals surface area contributed by atoms with Gasteiger partial charge in [-0.2, -0.15) is 0 Å². The van der Waals surface area contributed by atoms with E-state index in [0.29, 0.717) is 29.0 Å². The molecular formula is C18H24ClN3O3. The van der Waals surface area contributed by atoms with Crippen LogP contribution in [0.25, 0.3) is 0 Å². The Balaban J connectivity index is 1.68. The number of carbonyl (C=O) groups is 2. The van der Waals surface area contributed by atoms with E-state index in [2.05, 4.69) is 17.6 Å². The van der Waals surface area contributed by atoms with Gasteiger partial charge in [0.15, 0.2) is 0 Å². The minimum Gasteiger partial charge on any atom is -0.495 e. The summed E-state index contributed by atoms with van der Waals surface area (Å²) in [5.74, 6) is 0.0997. The molecule has 2 aliphatic rings. The Morgan fingerprint density at radius 1 is 1.44 bits per heavy atom. The molecule has 0 aromatic heterocycles. The number of benzene rings is 1. The number of hydrogen-bond donors (Lipinski definition) is 2. The van der Waals surface area contributed by atoms with Crippen LogP contribution in [0.2, 0.25) is 5.02 Å². The summed E-state index contributed by atoms with van der Waals surface area (Å²) in [5, 5.41) is 7.00. The lowest BCUT2D eigenvalue weighted by molar-refractivity contribution is -0.127. The standard InChI is InChI=1S/C18H24ClN3O3/c1-11-7-14(5-6-20-11)21-18(24)12-8-17(23)22(10-12)15-9-13(19)3-4-16(15)25-2/h3-4,9,11-12,14,20H,5-8,10H2,1-2H3,(H,21,24). The third kappa shape index (κ3) is 4.07. The molecule has 2 N–H and O–H groups in total. The number of rotatable bonds is 4. The molecule has 0 aliphatic carbocycles. The van der Waals surface area contributed by atoms with E-state index in [4.69, 9.17) is 16.3 Å². The summed E-state index contributed by atoms with van der Waals surface area (Å²) in [4.78, 5) is 26.6. The zero-order chi connectivity index (χ0) is 18.0. The van der Waals surface area contributed by atoms with Gasteiger partial charge >= 0.3 is 0 Å². The number of methoxy groups -OCH3 is 1. The van der Waals surface area contributed by atoms with Crippen LogP contribution in [-0.4, -0.2) is 44.1 Å². The van der Waals surface area contributed by atoms with E-state index in [0.717, 1.165) is 19.4 Å². The number of halogens is 1. The Morgan fingerprint density at radius 2 is 2.24 bits per heavy atom. The molecule has 3 rings (SSSR count). The number of nitrogens with one attached hydrogen (secondary N) is 2. The molecule has 2 heterocycles. The zero-order valence-corrected chi connectivity index (χ0v) is 15.3. The first kappa shape index (κ1) is 18.0. The van der Waals surface area contributed by atoms with Crippen molar-refractivity contribution >= 4 is 29.1 Å². The first-order chi connectivity index (χ1) is 12.0. The monoisotopic (exact) mass is 365 g/mol. The van der Waals surface area contributed by atoms with E-state index in [-0.39, 0.29) is 30.2 Å². The molecule has 2 fully saturated rings. The Labute approximate surface area is 152 Å². The lowest BCUT2D eigenvalue weighted by Crippen LogP contribution is -2.48. The molecule has 0 saturated carbocycles. The number of nitrogens with zero attached hydrogens (tertiary/aromatic N) is 1. The van der Waals surface area contributed by atoms with E-state index in [1.54, 1.807) is 30.2 Å². The molecule has 2 amide bonds. The van der Waals surface area contributed by atoms with Gasteiger partial charge in [0.25, 0.3) is 0 Å². The highest BCUT2D eigenvalue weighted by molar-refractivity contribution is 6.31. The summed E-state index contributed by atoms with van der Waals surface area (Å²) in [6, 6.07) is 5.72. The molecule has 7 heteroatoms. The number of carbonyl (C=O) groups excluding carboxylic acids is 2. The van der Waals surface area contributed by atoms with Gasteiger partial charge in [-0.15, -0.1) is 0 Å². The fraction of sp³-hybridized carbons (Fsp3) is 0.556. The van der Waals surface area contributed by atoms with E-state index >= 15 is 0 Å². The van der Waals surface area contributed by atoms with Gasteiger partial charge < -0.3 is 20.3 Å². The highest BCUT2D eigenvalue weighted by atomic mass is 35.5. The minimum absolute atomic E-state index is 0.0454. The molecule has 1 aromatic rings. The first-order valence-electron chi connectivity index (χ1n) is 8.65. The van der Waals surface area contributed by atoms with Gasteiger partial charge in [0.05, 0.1) is 18.7 Å². The fourth-order valence-electron chi connectivity index (χ4n) is 3.57. The Hall–Kier alpha value is -1.79. The van der Waals surface area contributed by atoms with Crippen molar-refractivity contribution in [2.75, 3.05) is 25.1 Å². The molecule has 0 spiro atoms. The van der Waals surface area contributed by atoms with Crippen LogP contribution in [0.1, 0.15) is 26.2 Å². The molecule has 2 aliphatic heterocycles. The van der Waals surface area contributed by atoms with E-state index in [1.165, 1.54) is 0 Å². The second-order valence-electron chi connectivity index (χ2n) is 6.81. The van der Waals surface area contributed by atoms with Gasteiger partial charge in [-0.3, -0.25) is 9.59 Å². The quantitative estimate of drug-likeness (QED) is 0.855. The van der Waals surface area contributed by atoms with E-state index in [1.807, 2.05) is 0 Å². The summed E-state index contributed by atoms with van der Waals surface area (Å²) >= 11 is 6.06. The summed E-state index contributed by atoms with van der Waals surface area (Å²) in [5.41, 5.74) is 0.616. The molecular weight excluding hydrogens is 342 g/mol. The number of piperidine rings is 1. The topological polar surface area (TPSA) is 70.7 Å². The van der Waals surface area contributed by atoms with Crippen molar-refractivity contribution in [3.8, 4) is 5.75 Å². The molecule has 0 radical (unpaired) electrons. The van der Waals surface area contributed by atoms with Crippen LogP contribution in [0.3, 0.4) is 0 Å². The maximum atomic E-state index is 12.6. The third-order valence-electron chi connectivity index (χ3n) is 4.90. The van der Waals surface area contributed by atoms with Crippen LogP contribution in [0.5, 0.6) is 5.75 Å². The van der Waals surface area contributed by atoms with Crippen LogP contribution in [0.4, 0.5) is 5.69 Å². The predicted octanol–water partition coefficient (Wildman–Crippen LogP) is 1.96. The van der Waals surface area contributed by atoms with Crippen LogP contribution >= 0.6 is 11.6 Å². The molecule has 2 saturated heterocycles. The van der Waals surface area contributed by atoms with Crippen molar-refractivity contribution in [3.05, 3.63) is 23.2 Å². The van der Waals surface area contributed by atoms with Gasteiger partial charge in [-0.05, 0) is 44.5 Å². The highest BCUT2D eigenvalue weighted by Crippen LogP contribution is 2.35. The van der Waals surface area contributed by atoms with Gasteiger partial charge in [0.2, 0.25) is 11.8 Å². The lowest BCUT2D eigenvalue weighted by Gasteiger charge is -2.29. The molecule has 25 heavy (non-hydrogen) atoms. The average Bonchev–Trinajstić information content (AvgIpc) is 2.96. The second-order valence-corrected chi connectivity index (χ2v) is 7.24. The Bertz CT molecular complexity index is 667. The number of amides is 2. The largest absolute Gasteiger partial charge is 0.495 e. The third-order valence-corrected chi connectivity index (χ3v) is 5.13. The molecule has 0 bridgehead atoms. The summed E-state index contributed by atoms with van der Waals surface area (Å²) in [7, 11) is 1.55. The van der Waals surface area contributed by atoms with Crippen molar-refractivity contribution in [1.29, 1.82) is 0 Å². The lowest BCUT2D eigenvalue weighted by atomic mass is 9.99. The normalized spacial score (nSPS) is 26.6. The molecule has 136 valence electrons. The van der Waals surface area contributed by atoms with Gasteiger partial charge in [-0.1, -0.05) is 11.6 Å². The van der Waals surface area contributed by atoms with Crippen LogP contribution in [-0.2, 0) is 9.59 Å². The van der Waals surface area contributed by atoms with Gasteiger partial charge in [0, 0.05) is 30.1 Å². The van der Waals surface area contributed by atoms with Crippen LogP contribution < -0.4 is 20.3 Å². The summed E-state index contributed by atoms with van der Waals surface area (Å²) < 4.78 is 5.33. The first-order valence-corrected chi connectivity index (χ1v) is 9.03. The van der Waals surface area contributed by atoms with Crippen molar-refractivity contribution in [3.63, 3.8) is 0 Å². The molecule has 6 nitrogen and oxygen atoms in total. The molecule has 1 aromatic carbocycles. The SMILES string of the molecule is COc1ccc(Cl)cc1N1CC(C(=O)NC2CCNC(C)C2)CC1=O. The maximum absolute atomic E-state index is 12.6. The van der Waals surface area contributed by atoms with Gasteiger partial charge in [-0.25, -0.2) is 0 Å². The number of ether oxygens (including phenoxy) is 1. The van der Waals surface area contributed by atoms with Gasteiger partial charge in [0.1, 0.15) is 5.75 Å². The van der Waals surface area contributed by atoms with Crippen molar-refractivity contribution < 1.29 is 14.3 Å². The predicted molar refractivity (Wildman–Crippen MR) is 97.1 cm³/mol. The van der Waals surface area contributed by atoms with E-state index < -0.39 is 0 Å². The maximum Gasteiger partial charge on any atom is 0.227 e. The molecule has 3 atom stereocenters. The Kier molecular flexibility index (Phi) is 5.49. The zero-order valence-electron chi connectivity index (χ0n) is 14.5. The second kappa shape index (κ2) is 7.62. The minimum atomic E-state index is -0.346. The highest BCUT2D eigenvalue weighted by Gasteiger charge is 2.37. The fourth-order valence-corrected chi connectivity index (χ4v) is 3.74.